The van der Waals surface area contributed by atoms with Crippen LogP contribution in [0.4, 0.5) is 5.69 Å². The van der Waals surface area contributed by atoms with Gasteiger partial charge in [0.15, 0.2) is 0 Å². The van der Waals surface area contributed by atoms with Crippen molar-refractivity contribution in [1.82, 2.24) is 21.1 Å². The average Bonchev–Trinajstić information content (AvgIpc) is 2.78. The molecule has 158 valence electrons. The number of benzene rings is 1. The Morgan fingerprint density at radius 1 is 1.17 bits per heavy atom. The van der Waals surface area contributed by atoms with Gasteiger partial charge in [-0.3, -0.25) is 19.9 Å². The maximum atomic E-state index is 12.7. The molecule has 1 aromatic carbocycles. The normalized spacial score (nSPS) is 26.1. The lowest BCUT2D eigenvalue weighted by molar-refractivity contribution is -0.128. The first-order valence-corrected chi connectivity index (χ1v) is 10.6. The number of nitrogens with zero attached hydrogens (tertiary/aromatic N) is 2. The van der Waals surface area contributed by atoms with Crippen LogP contribution in [0, 0.1) is 5.92 Å². The third-order valence-electron chi connectivity index (χ3n) is 6.11. The fraction of sp³-hybridized carbons (Fsp3) is 0.619. The van der Waals surface area contributed by atoms with Crippen molar-refractivity contribution in [3.63, 3.8) is 0 Å². The largest absolute Gasteiger partial charge is 0.378 e. The zero-order valence-electron chi connectivity index (χ0n) is 16.9. The number of anilines is 1. The quantitative estimate of drug-likeness (QED) is 0.656. The molecule has 3 heterocycles. The van der Waals surface area contributed by atoms with Crippen LogP contribution in [0.15, 0.2) is 24.3 Å². The number of hydrazine groups is 1. The molecule has 1 aromatic rings. The predicted molar refractivity (Wildman–Crippen MR) is 110 cm³/mol. The van der Waals surface area contributed by atoms with E-state index >= 15 is 0 Å². The molecule has 3 N–H and O–H groups in total. The zero-order chi connectivity index (χ0) is 20.1. The highest BCUT2D eigenvalue weighted by molar-refractivity contribution is 5.79. The van der Waals surface area contributed by atoms with Gasteiger partial charge in [-0.2, -0.15) is 0 Å². The minimum atomic E-state index is -0.0126. The zero-order valence-corrected chi connectivity index (χ0v) is 16.9. The lowest BCUT2D eigenvalue weighted by atomic mass is 9.94. The minimum Gasteiger partial charge on any atom is -0.378 e. The van der Waals surface area contributed by atoms with Crippen molar-refractivity contribution in [2.24, 2.45) is 5.92 Å². The molecule has 29 heavy (non-hydrogen) atoms. The van der Waals surface area contributed by atoms with Crippen molar-refractivity contribution in [2.45, 2.75) is 31.8 Å². The molecular formula is C21H31N5O3. The number of nitrogens with one attached hydrogen (secondary N) is 3. The Kier molecular flexibility index (Phi) is 6.63. The summed E-state index contributed by atoms with van der Waals surface area (Å²) in [5, 5.41) is 3.11. The molecule has 8 nitrogen and oxygen atoms in total. The molecule has 0 bridgehead atoms. The lowest BCUT2D eigenvalue weighted by Crippen LogP contribution is -2.57. The molecule has 8 heteroatoms. The maximum Gasteiger partial charge on any atom is 0.235 e. The summed E-state index contributed by atoms with van der Waals surface area (Å²) in [4.78, 5) is 29.0. The van der Waals surface area contributed by atoms with Crippen LogP contribution < -0.4 is 21.1 Å². The molecule has 0 aromatic heterocycles. The van der Waals surface area contributed by atoms with Crippen LogP contribution in [0.3, 0.4) is 0 Å². The van der Waals surface area contributed by atoms with E-state index in [-0.39, 0.29) is 23.8 Å². The molecular weight excluding hydrogens is 370 g/mol. The summed E-state index contributed by atoms with van der Waals surface area (Å²) in [6, 6.07) is 8.59. The molecule has 2 amide bonds. The smallest absolute Gasteiger partial charge is 0.235 e. The molecule has 2 unspecified atom stereocenters. The summed E-state index contributed by atoms with van der Waals surface area (Å²) in [6.07, 6.45) is 2.39. The number of hydrogen-bond acceptors (Lipinski definition) is 6. The van der Waals surface area contributed by atoms with Crippen LogP contribution in [-0.2, 0) is 20.9 Å². The van der Waals surface area contributed by atoms with Crippen LogP contribution in [0.25, 0.3) is 0 Å². The SMILES string of the molecule is O=C1CC(N2CCCC(C(=O)NCc3ccc(N4CCOCC4)cc3)C2)CNN1. The van der Waals surface area contributed by atoms with Gasteiger partial charge in [0.05, 0.1) is 19.1 Å². The minimum absolute atomic E-state index is 0.0126. The van der Waals surface area contributed by atoms with E-state index in [4.69, 9.17) is 4.74 Å². The molecule has 3 aliphatic heterocycles. The van der Waals surface area contributed by atoms with Gasteiger partial charge < -0.3 is 15.0 Å². The number of amides is 2. The number of rotatable bonds is 5. The summed E-state index contributed by atoms with van der Waals surface area (Å²) in [6.45, 7) is 6.35. The number of hydrogen-bond donors (Lipinski definition) is 3. The lowest BCUT2D eigenvalue weighted by Gasteiger charge is -2.39. The Balaban J connectivity index is 1.26. The fourth-order valence-electron chi connectivity index (χ4n) is 4.39. The molecule has 0 radical (unpaired) electrons. The number of carbonyl (C=O) groups is 2. The van der Waals surface area contributed by atoms with Crippen LogP contribution in [0.2, 0.25) is 0 Å². The Labute approximate surface area is 171 Å². The van der Waals surface area contributed by atoms with Crippen LogP contribution in [0.5, 0.6) is 0 Å². The van der Waals surface area contributed by atoms with E-state index in [1.807, 2.05) is 0 Å². The maximum absolute atomic E-state index is 12.7. The second-order valence-corrected chi connectivity index (χ2v) is 8.10. The number of piperidine rings is 1. The summed E-state index contributed by atoms with van der Waals surface area (Å²) in [7, 11) is 0. The average molecular weight is 402 g/mol. The van der Waals surface area contributed by atoms with Gasteiger partial charge in [-0.15, -0.1) is 0 Å². The molecule has 4 rings (SSSR count). The Morgan fingerprint density at radius 2 is 1.97 bits per heavy atom. The Bertz CT molecular complexity index is 705. The number of likely N-dealkylation sites (tertiary alicyclic amines) is 1. The van der Waals surface area contributed by atoms with Gasteiger partial charge in [-0.25, -0.2) is 5.43 Å². The highest BCUT2D eigenvalue weighted by atomic mass is 16.5. The van der Waals surface area contributed by atoms with Crippen molar-refractivity contribution < 1.29 is 14.3 Å². The number of carbonyl (C=O) groups excluding carboxylic acids is 2. The van der Waals surface area contributed by atoms with Crippen molar-refractivity contribution >= 4 is 17.5 Å². The van der Waals surface area contributed by atoms with E-state index in [0.717, 1.165) is 64.3 Å². The van der Waals surface area contributed by atoms with Crippen LogP contribution in [-0.4, -0.2) is 68.7 Å². The molecule has 0 spiro atoms. The highest BCUT2D eigenvalue weighted by Gasteiger charge is 2.32. The molecule has 0 saturated carbocycles. The van der Waals surface area contributed by atoms with Crippen molar-refractivity contribution in [1.29, 1.82) is 0 Å². The summed E-state index contributed by atoms with van der Waals surface area (Å²) in [5.41, 5.74) is 7.91. The number of ether oxygens (including phenoxy) is 1. The summed E-state index contributed by atoms with van der Waals surface area (Å²) < 4.78 is 5.40. The standard InChI is InChI=1S/C21H31N5O3/c27-20-12-19(14-23-24-20)26-7-1-2-17(15-26)21(28)22-13-16-3-5-18(6-4-16)25-8-10-29-11-9-25/h3-6,17,19,23H,1-2,7-15H2,(H,22,28)(H,24,27). The molecule has 2 atom stereocenters. The third kappa shape index (κ3) is 5.26. The molecule has 0 aliphatic carbocycles. The molecule has 3 saturated heterocycles. The summed E-state index contributed by atoms with van der Waals surface area (Å²) >= 11 is 0. The van der Waals surface area contributed by atoms with Gasteiger partial charge in [-0.05, 0) is 37.1 Å². The van der Waals surface area contributed by atoms with Crippen LogP contribution >= 0.6 is 0 Å². The third-order valence-corrected chi connectivity index (χ3v) is 6.11. The number of morpholine rings is 1. The monoisotopic (exact) mass is 401 g/mol. The first-order valence-electron chi connectivity index (χ1n) is 10.6. The topological polar surface area (TPSA) is 85.9 Å². The van der Waals surface area contributed by atoms with E-state index in [2.05, 4.69) is 50.2 Å². The van der Waals surface area contributed by atoms with E-state index in [1.165, 1.54) is 5.69 Å². The Hall–Kier alpha value is -2.16. The highest BCUT2D eigenvalue weighted by Crippen LogP contribution is 2.21. The molecule has 3 fully saturated rings. The van der Waals surface area contributed by atoms with Gasteiger partial charge in [0.1, 0.15) is 0 Å². The van der Waals surface area contributed by atoms with E-state index in [0.29, 0.717) is 13.0 Å². The first-order chi connectivity index (χ1) is 14.2. The van der Waals surface area contributed by atoms with E-state index in [1.54, 1.807) is 0 Å². The second-order valence-electron chi connectivity index (χ2n) is 8.10. The predicted octanol–water partition coefficient (Wildman–Crippen LogP) is 0.245. The van der Waals surface area contributed by atoms with Gasteiger partial charge in [-0.1, -0.05) is 12.1 Å². The van der Waals surface area contributed by atoms with E-state index in [9.17, 15) is 9.59 Å². The summed E-state index contributed by atoms with van der Waals surface area (Å²) in [5.74, 6) is 0.120. The molecule has 3 aliphatic rings. The van der Waals surface area contributed by atoms with Crippen molar-refractivity contribution in [3.8, 4) is 0 Å². The van der Waals surface area contributed by atoms with Gasteiger partial charge >= 0.3 is 0 Å². The van der Waals surface area contributed by atoms with E-state index < -0.39 is 0 Å². The fourth-order valence-corrected chi connectivity index (χ4v) is 4.39. The second kappa shape index (κ2) is 9.56. The Morgan fingerprint density at radius 3 is 2.72 bits per heavy atom. The first kappa shape index (κ1) is 20.1. The van der Waals surface area contributed by atoms with Gasteiger partial charge in [0.2, 0.25) is 11.8 Å². The van der Waals surface area contributed by atoms with Gasteiger partial charge in [0, 0.05) is 50.9 Å². The van der Waals surface area contributed by atoms with Crippen molar-refractivity contribution in [3.05, 3.63) is 29.8 Å². The van der Waals surface area contributed by atoms with Gasteiger partial charge in [0.25, 0.3) is 0 Å². The van der Waals surface area contributed by atoms with Crippen molar-refractivity contribution in [2.75, 3.05) is 50.8 Å². The van der Waals surface area contributed by atoms with Crippen LogP contribution in [0.1, 0.15) is 24.8 Å².